The van der Waals surface area contributed by atoms with E-state index in [9.17, 15) is 8.42 Å². The van der Waals surface area contributed by atoms with Gasteiger partial charge in [0.2, 0.25) is 10.0 Å². The Morgan fingerprint density at radius 1 is 1.36 bits per heavy atom. The first-order chi connectivity index (χ1) is 10.3. The lowest BCUT2D eigenvalue weighted by Crippen LogP contribution is -2.46. The Bertz CT molecular complexity index is 568. The second-order valence-corrected chi connectivity index (χ2v) is 8.09. The van der Waals surface area contributed by atoms with E-state index >= 15 is 0 Å². The summed E-state index contributed by atoms with van der Waals surface area (Å²) in [7, 11) is -0.105. The van der Waals surface area contributed by atoms with Crippen LogP contribution in [0.15, 0.2) is 26.7 Å². The Morgan fingerprint density at radius 3 is 2.64 bits per heavy atom. The summed E-state index contributed by atoms with van der Waals surface area (Å²) >= 11 is 1.19. The summed E-state index contributed by atoms with van der Waals surface area (Å²) in [5.74, 6) is 0.598. The van der Waals surface area contributed by atoms with Crippen molar-refractivity contribution in [1.29, 1.82) is 0 Å². The Kier molecular flexibility index (Phi) is 7.27. The normalized spacial score (nSPS) is 13.2. The first-order valence-corrected chi connectivity index (χ1v) is 9.20. The fourth-order valence-corrected chi connectivity index (χ4v) is 3.51. The average molecular weight is 348 g/mol. The van der Waals surface area contributed by atoms with Gasteiger partial charge in [0.1, 0.15) is 4.21 Å². The number of guanidine groups is 1. The van der Waals surface area contributed by atoms with Crippen molar-refractivity contribution >= 4 is 27.3 Å². The summed E-state index contributed by atoms with van der Waals surface area (Å²) < 4.78 is 32.0. The summed E-state index contributed by atoms with van der Waals surface area (Å²) in [6, 6.07) is 3.29. The Labute approximate surface area is 136 Å². The smallest absolute Gasteiger partial charge is 0.250 e. The standard InChI is InChI=1S/C13H24N4O3S2/c1-13(2,20-4)10-16-12(14-3)15-7-8-17-22(18,19)11-6-5-9-21-11/h5-6,9,17H,7-8,10H2,1-4H3,(H2,14,15,16). The van der Waals surface area contributed by atoms with Crippen LogP contribution in [0.25, 0.3) is 0 Å². The monoisotopic (exact) mass is 348 g/mol. The summed E-state index contributed by atoms with van der Waals surface area (Å²) in [4.78, 5) is 4.07. The molecular formula is C13H24N4O3S2. The van der Waals surface area contributed by atoms with Gasteiger partial charge in [0, 0.05) is 33.8 Å². The topological polar surface area (TPSA) is 91.8 Å². The van der Waals surface area contributed by atoms with Crippen LogP contribution in [0, 0.1) is 0 Å². The lowest BCUT2D eigenvalue weighted by Gasteiger charge is -2.24. The van der Waals surface area contributed by atoms with Crippen LogP contribution in [-0.4, -0.2) is 53.8 Å². The van der Waals surface area contributed by atoms with Gasteiger partial charge in [-0.3, -0.25) is 4.99 Å². The Morgan fingerprint density at radius 2 is 2.09 bits per heavy atom. The fourth-order valence-electron chi connectivity index (χ4n) is 1.44. The van der Waals surface area contributed by atoms with E-state index in [4.69, 9.17) is 4.74 Å². The lowest BCUT2D eigenvalue weighted by molar-refractivity contribution is 0.0268. The number of thiophene rings is 1. The van der Waals surface area contributed by atoms with Crippen LogP contribution in [0.4, 0.5) is 0 Å². The van der Waals surface area contributed by atoms with Crippen LogP contribution in [0.5, 0.6) is 0 Å². The highest BCUT2D eigenvalue weighted by Crippen LogP contribution is 2.14. The van der Waals surface area contributed by atoms with Gasteiger partial charge in [0.05, 0.1) is 5.60 Å². The zero-order chi connectivity index (χ0) is 16.6. The third-order valence-corrected chi connectivity index (χ3v) is 5.79. The van der Waals surface area contributed by atoms with Gasteiger partial charge in [0.15, 0.2) is 5.96 Å². The van der Waals surface area contributed by atoms with Gasteiger partial charge in [-0.1, -0.05) is 6.07 Å². The zero-order valence-corrected chi connectivity index (χ0v) is 15.0. The molecule has 1 aromatic rings. The highest BCUT2D eigenvalue weighted by molar-refractivity contribution is 7.91. The molecule has 126 valence electrons. The number of hydrogen-bond acceptors (Lipinski definition) is 5. The number of hydrogen-bond donors (Lipinski definition) is 3. The van der Waals surface area contributed by atoms with Gasteiger partial charge in [0.25, 0.3) is 0 Å². The summed E-state index contributed by atoms with van der Waals surface area (Å²) in [5.41, 5.74) is -0.307. The number of methoxy groups -OCH3 is 1. The number of aliphatic imine (C=N–C) groups is 1. The average Bonchev–Trinajstić information content (AvgIpc) is 3.01. The molecule has 0 saturated carbocycles. The van der Waals surface area contributed by atoms with Crippen LogP contribution in [0.1, 0.15) is 13.8 Å². The number of nitrogens with one attached hydrogen (secondary N) is 3. The molecule has 1 rings (SSSR count). The molecule has 0 radical (unpaired) electrons. The van der Waals surface area contributed by atoms with E-state index in [0.29, 0.717) is 23.3 Å². The second-order valence-electron chi connectivity index (χ2n) is 5.15. The van der Waals surface area contributed by atoms with Crippen molar-refractivity contribution in [3.05, 3.63) is 17.5 Å². The SMILES string of the molecule is CN=C(NCCNS(=O)(=O)c1cccs1)NCC(C)(C)OC. The van der Waals surface area contributed by atoms with Gasteiger partial charge in [-0.25, -0.2) is 13.1 Å². The summed E-state index contributed by atoms with van der Waals surface area (Å²) in [5, 5.41) is 7.90. The van der Waals surface area contributed by atoms with E-state index in [1.165, 1.54) is 11.3 Å². The molecule has 0 spiro atoms. The van der Waals surface area contributed by atoms with Crippen molar-refractivity contribution < 1.29 is 13.2 Å². The summed E-state index contributed by atoms with van der Waals surface area (Å²) in [6.45, 7) is 5.21. The molecule has 1 aromatic heterocycles. The molecule has 0 aromatic carbocycles. The third-order valence-electron chi connectivity index (χ3n) is 2.93. The van der Waals surface area contributed by atoms with Crippen molar-refractivity contribution in [2.24, 2.45) is 4.99 Å². The van der Waals surface area contributed by atoms with E-state index in [2.05, 4.69) is 20.3 Å². The van der Waals surface area contributed by atoms with Gasteiger partial charge in [-0.15, -0.1) is 11.3 Å². The zero-order valence-electron chi connectivity index (χ0n) is 13.3. The van der Waals surface area contributed by atoms with Crippen LogP contribution in [-0.2, 0) is 14.8 Å². The molecule has 0 aliphatic carbocycles. The molecule has 0 aliphatic rings. The first kappa shape index (κ1) is 18.9. The van der Waals surface area contributed by atoms with E-state index in [-0.39, 0.29) is 12.1 Å². The number of sulfonamides is 1. The molecule has 0 bridgehead atoms. The van der Waals surface area contributed by atoms with E-state index < -0.39 is 10.0 Å². The maximum Gasteiger partial charge on any atom is 0.250 e. The molecule has 0 fully saturated rings. The molecule has 9 heteroatoms. The van der Waals surface area contributed by atoms with Crippen molar-refractivity contribution in [1.82, 2.24) is 15.4 Å². The minimum absolute atomic E-state index is 0.272. The maximum atomic E-state index is 11.9. The molecule has 0 atom stereocenters. The Balaban J connectivity index is 2.34. The molecule has 0 unspecified atom stereocenters. The highest BCUT2D eigenvalue weighted by Gasteiger charge is 2.17. The van der Waals surface area contributed by atoms with Crippen molar-refractivity contribution in [3.8, 4) is 0 Å². The van der Waals surface area contributed by atoms with E-state index in [1.807, 2.05) is 13.8 Å². The molecule has 0 aliphatic heterocycles. The molecule has 0 saturated heterocycles. The number of rotatable bonds is 8. The van der Waals surface area contributed by atoms with Crippen LogP contribution in [0.3, 0.4) is 0 Å². The molecular weight excluding hydrogens is 324 g/mol. The van der Waals surface area contributed by atoms with Crippen molar-refractivity contribution in [2.75, 3.05) is 33.8 Å². The molecule has 7 nitrogen and oxygen atoms in total. The highest BCUT2D eigenvalue weighted by atomic mass is 32.2. The van der Waals surface area contributed by atoms with Gasteiger partial charge < -0.3 is 15.4 Å². The predicted octanol–water partition coefficient (Wildman–Crippen LogP) is 0.616. The van der Waals surface area contributed by atoms with Crippen molar-refractivity contribution in [3.63, 3.8) is 0 Å². The quantitative estimate of drug-likeness (QED) is 0.364. The fraction of sp³-hybridized carbons (Fsp3) is 0.615. The third kappa shape index (κ3) is 6.30. The minimum atomic E-state index is -3.41. The Hall–Kier alpha value is -1.16. The first-order valence-electron chi connectivity index (χ1n) is 6.83. The van der Waals surface area contributed by atoms with Crippen LogP contribution < -0.4 is 15.4 Å². The minimum Gasteiger partial charge on any atom is -0.377 e. The van der Waals surface area contributed by atoms with Crippen molar-refractivity contribution in [2.45, 2.75) is 23.7 Å². The summed E-state index contributed by atoms with van der Waals surface area (Å²) in [6.07, 6.45) is 0. The van der Waals surface area contributed by atoms with Gasteiger partial charge in [-0.2, -0.15) is 0 Å². The van der Waals surface area contributed by atoms with Crippen LogP contribution in [0.2, 0.25) is 0 Å². The number of nitrogens with zero attached hydrogens (tertiary/aromatic N) is 1. The lowest BCUT2D eigenvalue weighted by atomic mass is 10.1. The number of ether oxygens (including phenoxy) is 1. The van der Waals surface area contributed by atoms with Crippen LogP contribution >= 0.6 is 11.3 Å². The largest absolute Gasteiger partial charge is 0.377 e. The molecule has 0 amide bonds. The van der Waals surface area contributed by atoms with E-state index in [1.54, 1.807) is 31.7 Å². The molecule has 1 heterocycles. The van der Waals surface area contributed by atoms with E-state index in [0.717, 1.165) is 0 Å². The maximum absolute atomic E-state index is 11.9. The molecule has 3 N–H and O–H groups in total. The predicted molar refractivity (Wildman–Crippen MR) is 90.0 cm³/mol. The molecule has 22 heavy (non-hydrogen) atoms. The van der Waals surface area contributed by atoms with Gasteiger partial charge >= 0.3 is 0 Å². The second kappa shape index (κ2) is 8.47. The van der Waals surface area contributed by atoms with Gasteiger partial charge in [-0.05, 0) is 25.3 Å².